The number of rotatable bonds is 5. The summed E-state index contributed by atoms with van der Waals surface area (Å²) in [5.41, 5.74) is 0. The highest BCUT2D eigenvalue weighted by molar-refractivity contribution is 5.81. The van der Waals surface area contributed by atoms with E-state index in [0.29, 0.717) is 24.7 Å². The molecule has 2 rings (SSSR count). The van der Waals surface area contributed by atoms with Crippen LogP contribution in [0.25, 0.3) is 0 Å². The van der Waals surface area contributed by atoms with E-state index in [1.165, 1.54) is 12.8 Å². The van der Waals surface area contributed by atoms with Crippen LogP contribution < -0.4 is 10.6 Å². The molecule has 1 aromatic heterocycles. The van der Waals surface area contributed by atoms with Crippen LogP contribution in [0.3, 0.4) is 0 Å². The van der Waals surface area contributed by atoms with Crippen molar-refractivity contribution in [2.45, 2.75) is 38.6 Å². The van der Waals surface area contributed by atoms with E-state index in [1.807, 2.05) is 0 Å². The Kier molecular flexibility index (Phi) is 4.69. The van der Waals surface area contributed by atoms with Crippen molar-refractivity contribution < 1.29 is 9.32 Å². The standard InChI is InChI=1S/C12H20N4O2/c1-2-9-3-5-13-10(7-9)12(17)14-6-4-11-15-8-18-16-11/h8-10,13H,2-7H2,1H3,(H,14,17). The van der Waals surface area contributed by atoms with E-state index < -0.39 is 0 Å². The van der Waals surface area contributed by atoms with E-state index in [4.69, 9.17) is 0 Å². The third kappa shape index (κ3) is 3.53. The van der Waals surface area contributed by atoms with E-state index >= 15 is 0 Å². The largest absolute Gasteiger partial charge is 0.354 e. The van der Waals surface area contributed by atoms with Crippen molar-refractivity contribution in [3.8, 4) is 0 Å². The van der Waals surface area contributed by atoms with Crippen molar-refractivity contribution in [1.82, 2.24) is 20.8 Å². The predicted octanol–water partition coefficient (Wildman–Crippen LogP) is 0.506. The van der Waals surface area contributed by atoms with Crippen LogP contribution in [-0.4, -0.2) is 35.2 Å². The lowest BCUT2D eigenvalue weighted by atomic mass is 9.90. The van der Waals surface area contributed by atoms with Gasteiger partial charge in [0, 0.05) is 13.0 Å². The first-order valence-electron chi connectivity index (χ1n) is 6.56. The zero-order valence-electron chi connectivity index (χ0n) is 10.7. The van der Waals surface area contributed by atoms with Crippen LogP contribution in [0, 0.1) is 5.92 Å². The Morgan fingerprint density at radius 3 is 3.28 bits per heavy atom. The van der Waals surface area contributed by atoms with Crippen molar-refractivity contribution in [3.63, 3.8) is 0 Å². The molecule has 1 aliphatic rings. The Morgan fingerprint density at radius 2 is 2.56 bits per heavy atom. The van der Waals surface area contributed by atoms with Gasteiger partial charge >= 0.3 is 0 Å². The average Bonchev–Trinajstić information content (AvgIpc) is 2.92. The second-order valence-electron chi connectivity index (χ2n) is 4.69. The molecule has 2 atom stereocenters. The van der Waals surface area contributed by atoms with Crippen LogP contribution in [0.2, 0.25) is 0 Å². The molecule has 1 fully saturated rings. The number of amides is 1. The molecular weight excluding hydrogens is 232 g/mol. The number of carbonyl (C=O) groups is 1. The Bertz CT molecular complexity index is 366. The summed E-state index contributed by atoms with van der Waals surface area (Å²) in [6, 6.07) is -0.0473. The molecule has 1 aromatic rings. The third-order valence-corrected chi connectivity index (χ3v) is 3.46. The van der Waals surface area contributed by atoms with Crippen LogP contribution in [0.5, 0.6) is 0 Å². The lowest BCUT2D eigenvalue weighted by Crippen LogP contribution is -2.49. The van der Waals surface area contributed by atoms with Gasteiger partial charge in [-0.2, -0.15) is 4.98 Å². The average molecular weight is 252 g/mol. The number of nitrogens with zero attached hydrogens (tertiary/aromatic N) is 2. The Balaban J connectivity index is 1.70. The molecule has 0 spiro atoms. The second-order valence-corrected chi connectivity index (χ2v) is 4.69. The SMILES string of the molecule is CCC1CCNC(C(=O)NCCc2ncon2)C1. The van der Waals surface area contributed by atoms with E-state index in [-0.39, 0.29) is 11.9 Å². The second kappa shape index (κ2) is 6.49. The predicted molar refractivity (Wildman–Crippen MR) is 65.8 cm³/mol. The minimum absolute atomic E-state index is 0.0473. The number of hydrogen-bond donors (Lipinski definition) is 2. The van der Waals surface area contributed by atoms with Crippen LogP contribution in [-0.2, 0) is 11.2 Å². The van der Waals surface area contributed by atoms with Gasteiger partial charge in [0.05, 0.1) is 6.04 Å². The first-order valence-corrected chi connectivity index (χ1v) is 6.56. The molecule has 18 heavy (non-hydrogen) atoms. The first kappa shape index (κ1) is 13.0. The molecule has 0 bridgehead atoms. The van der Waals surface area contributed by atoms with Gasteiger partial charge in [-0.25, -0.2) is 0 Å². The molecule has 0 saturated carbocycles. The minimum Gasteiger partial charge on any atom is -0.354 e. The normalized spacial score (nSPS) is 23.8. The van der Waals surface area contributed by atoms with E-state index in [9.17, 15) is 4.79 Å². The highest BCUT2D eigenvalue weighted by Gasteiger charge is 2.25. The van der Waals surface area contributed by atoms with Gasteiger partial charge in [0.1, 0.15) is 0 Å². The summed E-state index contributed by atoms with van der Waals surface area (Å²) in [4.78, 5) is 15.9. The molecule has 6 nitrogen and oxygen atoms in total. The lowest BCUT2D eigenvalue weighted by Gasteiger charge is -2.28. The van der Waals surface area contributed by atoms with E-state index in [0.717, 1.165) is 19.4 Å². The number of aromatic nitrogens is 2. The van der Waals surface area contributed by atoms with Gasteiger partial charge in [-0.15, -0.1) is 0 Å². The van der Waals surface area contributed by atoms with Crippen molar-refractivity contribution in [2.75, 3.05) is 13.1 Å². The smallest absolute Gasteiger partial charge is 0.237 e. The highest BCUT2D eigenvalue weighted by Crippen LogP contribution is 2.19. The Hall–Kier alpha value is -1.43. The molecular formula is C12H20N4O2. The van der Waals surface area contributed by atoms with Gasteiger partial charge < -0.3 is 15.2 Å². The van der Waals surface area contributed by atoms with Crippen molar-refractivity contribution in [1.29, 1.82) is 0 Å². The maximum Gasteiger partial charge on any atom is 0.237 e. The first-order chi connectivity index (χ1) is 8.79. The van der Waals surface area contributed by atoms with Gasteiger partial charge in [-0.05, 0) is 25.3 Å². The summed E-state index contributed by atoms with van der Waals surface area (Å²) in [5.74, 6) is 1.37. The fourth-order valence-corrected chi connectivity index (χ4v) is 2.29. The van der Waals surface area contributed by atoms with Crippen LogP contribution >= 0.6 is 0 Å². The molecule has 100 valence electrons. The Labute approximate surface area is 107 Å². The zero-order valence-corrected chi connectivity index (χ0v) is 10.7. The van der Waals surface area contributed by atoms with Crippen molar-refractivity contribution >= 4 is 5.91 Å². The van der Waals surface area contributed by atoms with Gasteiger partial charge in [0.2, 0.25) is 12.3 Å². The van der Waals surface area contributed by atoms with Crippen LogP contribution in [0.4, 0.5) is 0 Å². The maximum absolute atomic E-state index is 12.0. The summed E-state index contributed by atoms with van der Waals surface area (Å²) in [7, 11) is 0. The van der Waals surface area contributed by atoms with Crippen molar-refractivity contribution in [3.05, 3.63) is 12.2 Å². The molecule has 1 aliphatic heterocycles. The summed E-state index contributed by atoms with van der Waals surface area (Å²) >= 11 is 0. The van der Waals surface area contributed by atoms with Crippen LogP contribution in [0.1, 0.15) is 32.0 Å². The summed E-state index contributed by atoms with van der Waals surface area (Å²) in [6.45, 7) is 3.66. The van der Waals surface area contributed by atoms with Gasteiger partial charge in [-0.3, -0.25) is 4.79 Å². The number of hydrogen-bond acceptors (Lipinski definition) is 5. The molecule has 2 unspecified atom stereocenters. The fourth-order valence-electron chi connectivity index (χ4n) is 2.29. The van der Waals surface area contributed by atoms with E-state index in [1.54, 1.807) is 0 Å². The molecule has 0 aliphatic carbocycles. The van der Waals surface area contributed by atoms with Gasteiger partial charge in [-0.1, -0.05) is 18.5 Å². The molecule has 0 aromatic carbocycles. The van der Waals surface area contributed by atoms with Gasteiger partial charge in [0.25, 0.3) is 0 Å². The van der Waals surface area contributed by atoms with Crippen molar-refractivity contribution in [2.24, 2.45) is 5.92 Å². The molecule has 1 saturated heterocycles. The molecule has 1 amide bonds. The third-order valence-electron chi connectivity index (χ3n) is 3.46. The number of nitrogens with one attached hydrogen (secondary N) is 2. The van der Waals surface area contributed by atoms with Crippen LogP contribution in [0.15, 0.2) is 10.9 Å². The molecule has 0 radical (unpaired) electrons. The number of carbonyl (C=O) groups excluding carboxylic acids is 1. The lowest BCUT2D eigenvalue weighted by molar-refractivity contribution is -0.124. The molecule has 2 N–H and O–H groups in total. The topological polar surface area (TPSA) is 80.0 Å². The monoisotopic (exact) mass is 252 g/mol. The quantitative estimate of drug-likeness (QED) is 0.798. The fraction of sp³-hybridized carbons (Fsp3) is 0.750. The minimum atomic E-state index is -0.0473. The Morgan fingerprint density at radius 1 is 1.67 bits per heavy atom. The summed E-state index contributed by atoms with van der Waals surface area (Å²) in [5, 5.41) is 9.88. The summed E-state index contributed by atoms with van der Waals surface area (Å²) in [6.07, 6.45) is 5.15. The molecule has 6 heteroatoms. The summed E-state index contributed by atoms with van der Waals surface area (Å²) < 4.78 is 4.63. The zero-order chi connectivity index (χ0) is 12.8. The molecule has 2 heterocycles. The van der Waals surface area contributed by atoms with Gasteiger partial charge in [0.15, 0.2) is 5.82 Å². The van der Waals surface area contributed by atoms with E-state index in [2.05, 4.69) is 32.2 Å². The highest BCUT2D eigenvalue weighted by atomic mass is 16.5. The maximum atomic E-state index is 12.0. The number of piperidine rings is 1.